The van der Waals surface area contributed by atoms with E-state index in [1.807, 2.05) is 6.07 Å². The van der Waals surface area contributed by atoms with Crippen molar-refractivity contribution in [3.05, 3.63) is 35.9 Å². The van der Waals surface area contributed by atoms with Crippen molar-refractivity contribution in [3.63, 3.8) is 0 Å². The summed E-state index contributed by atoms with van der Waals surface area (Å²) in [5, 5.41) is 20.9. The van der Waals surface area contributed by atoms with Crippen LogP contribution in [0.15, 0.2) is 30.3 Å². The largest absolute Gasteiger partial charge is 0.479 e. The topological polar surface area (TPSA) is 86.6 Å². The van der Waals surface area contributed by atoms with E-state index in [1.54, 1.807) is 0 Å². The molecule has 1 aromatic carbocycles. The van der Waals surface area contributed by atoms with E-state index in [-0.39, 0.29) is 12.5 Å². The Balaban J connectivity index is 1.74. The Morgan fingerprint density at radius 2 is 1.78 bits per heavy atom. The van der Waals surface area contributed by atoms with Crippen LogP contribution >= 0.6 is 0 Å². The highest BCUT2D eigenvalue weighted by Gasteiger charge is 2.31. The number of nitrogens with one attached hydrogen (secondary N) is 1. The number of rotatable bonds is 6. The minimum absolute atomic E-state index is 0.185. The fourth-order valence-corrected chi connectivity index (χ4v) is 3.11. The highest BCUT2D eigenvalue weighted by Crippen LogP contribution is 2.36. The second-order valence-electron chi connectivity index (χ2n) is 6.69. The third-order valence-corrected chi connectivity index (χ3v) is 4.68. The quantitative estimate of drug-likeness (QED) is 0.751. The Labute approximate surface area is 136 Å². The molecule has 1 amide bonds. The maximum Gasteiger partial charge on any atom is 0.337 e. The number of amides is 1. The number of hydrogen-bond acceptors (Lipinski definition) is 3. The van der Waals surface area contributed by atoms with Crippen molar-refractivity contribution >= 4 is 11.9 Å². The number of carbonyl (C=O) groups excluding carboxylic acids is 1. The van der Waals surface area contributed by atoms with Crippen LogP contribution in [0.5, 0.6) is 0 Å². The molecule has 1 aliphatic carbocycles. The summed E-state index contributed by atoms with van der Waals surface area (Å²) in [5.74, 6) is -0.608. The lowest BCUT2D eigenvalue weighted by molar-refractivity contribution is -0.156. The molecule has 0 aliphatic heterocycles. The van der Waals surface area contributed by atoms with Crippen molar-refractivity contribution in [2.75, 3.05) is 6.54 Å². The Kier molecular flexibility index (Phi) is 5.77. The Hall–Kier alpha value is -1.88. The van der Waals surface area contributed by atoms with Gasteiger partial charge in [-0.2, -0.15) is 0 Å². The van der Waals surface area contributed by atoms with Gasteiger partial charge in [-0.05, 0) is 50.0 Å². The second-order valence-corrected chi connectivity index (χ2v) is 6.69. The molecule has 3 N–H and O–H groups in total. The van der Waals surface area contributed by atoms with Crippen LogP contribution in [0.4, 0.5) is 0 Å². The van der Waals surface area contributed by atoms with Crippen LogP contribution in [0.3, 0.4) is 0 Å². The molecular weight excluding hydrogens is 294 g/mol. The summed E-state index contributed by atoms with van der Waals surface area (Å²) in [4.78, 5) is 22.7. The van der Waals surface area contributed by atoms with Crippen molar-refractivity contribution in [1.82, 2.24) is 5.32 Å². The normalized spacial score (nSPS) is 23.7. The number of aliphatic hydroxyl groups is 1. The number of carboxylic acids is 1. The van der Waals surface area contributed by atoms with Crippen LogP contribution in [0.1, 0.15) is 50.5 Å². The van der Waals surface area contributed by atoms with Gasteiger partial charge in [-0.1, -0.05) is 30.3 Å². The van der Waals surface area contributed by atoms with E-state index in [4.69, 9.17) is 5.11 Å². The number of carboxylic acid groups (broad SMARTS) is 1. The zero-order valence-electron chi connectivity index (χ0n) is 13.5. The second kappa shape index (κ2) is 7.59. The molecule has 5 nitrogen and oxygen atoms in total. The molecule has 1 unspecified atom stereocenters. The molecule has 2 rings (SSSR count). The smallest absolute Gasteiger partial charge is 0.337 e. The first-order chi connectivity index (χ1) is 10.9. The van der Waals surface area contributed by atoms with Gasteiger partial charge in [0.15, 0.2) is 5.60 Å². The van der Waals surface area contributed by atoms with Gasteiger partial charge in [-0.15, -0.1) is 0 Å². The molecule has 23 heavy (non-hydrogen) atoms. The van der Waals surface area contributed by atoms with Crippen molar-refractivity contribution in [2.45, 2.75) is 50.5 Å². The molecule has 1 fully saturated rings. The number of benzene rings is 1. The molecule has 1 aromatic rings. The first-order valence-electron chi connectivity index (χ1n) is 8.16. The molecule has 0 heterocycles. The molecular formula is C18H25NO4. The molecule has 5 heteroatoms. The van der Waals surface area contributed by atoms with Crippen LogP contribution in [-0.2, 0) is 9.59 Å². The highest BCUT2D eigenvalue weighted by atomic mass is 16.4. The maximum atomic E-state index is 11.9. The van der Waals surface area contributed by atoms with Crippen molar-refractivity contribution in [1.29, 1.82) is 0 Å². The highest BCUT2D eigenvalue weighted by molar-refractivity contribution is 5.80. The van der Waals surface area contributed by atoms with Gasteiger partial charge in [-0.25, -0.2) is 4.79 Å². The molecule has 0 bridgehead atoms. The van der Waals surface area contributed by atoms with Crippen LogP contribution in [0.2, 0.25) is 0 Å². The summed E-state index contributed by atoms with van der Waals surface area (Å²) in [6, 6.07) is 10.5. The minimum atomic E-state index is -1.92. The van der Waals surface area contributed by atoms with Gasteiger partial charge in [-0.3, -0.25) is 4.79 Å². The van der Waals surface area contributed by atoms with E-state index in [0.717, 1.165) is 25.7 Å². The molecule has 1 saturated carbocycles. The van der Waals surface area contributed by atoms with Gasteiger partial charge in [0.05, 0.1) is 6.54 Å². The zero-order valence-corrected chi connectivity index (χ0v) is 13.5. The van der Waals surface area contributed by atoms with E-state index in [2.05, 4.69) is 29.6 Å². The molecule has 0 saturated heterocycles. The average Bonchev–Trinajstić information content (AvgIpc) is 2.54. The summed E-state index contributed by atoms with van der Waals surface area (Å²) in [6.45, 7) is 0.918. The molecule has 0 aromatic heterocycles. The molecule has 126 valence electrons. The van der Waals surface area contributed by atoms with E-state index in [1.165, 1.54) is 12.5 Å². The van der Waals surface area contributed by atoms with Gasteiger partial charge in [0.2, 0.25) is 5.91 Å². The maximum absolute atomic E-state index is 11.9. The lowest BCUT2D eigenvalue weighted by Crippen LogP contribution is -2.46. The zero-order chi connectivity index (χ0) is 16.9. The minimum Gasteiger partial charge on any atom is -0.479 e. The Morgan fingerprint density at radius 3 is 2.35 bits per heavy atom. The summed E-state index contributed by atoms with van der Waals surface area (Å²) in [5.41, 5.74) is -0.548. The average molecular weight is 319 g/mol. The fraction of sp³-hybridized carbons (Fsp3) is 0.556. The molecule has 0 radical (unpaired) electrons. The molecule has 1 aliphatic rings. The van der Waals surface area contributed by atoms with E-state index in [9.17, 15) is 14.7 Å². The number of aliphatic carboxylic acids is 1. The lowest BCUT2D eigenvalue weighted by atomic mass is 9.77. The molecule has 0 spiro atoms. The van der Waals surface area contributed by atoms with Gasteiger partial charge in [0.25, 0.3) is 0 Å². The SMILES string of the molecule is CC(O)(CNC(=O)CC1CCC(c2ccccc2)CC1)C(=O)O. The number of hydrogen-bond donors (Lipinski definition) is 3. The van der Waals surface area contributed by atoms with Crippen molar-refractivity contribution in [3.8, 4) is 0 Å². The monoisotopic (exact) mass is 319 g/mol. The van der Waals surface area contributed by atoms with E-state index >= 15 is 0 Å². The third-order valence-electron chi connectivity index (χ3n) is 4.68. The first kappa shape index (κ1) is 17.5. The standard InChI is InChI=1S/C18H25NO4/c1-18(23,17(21)22)12-19-16(20)11-13-7-9-15(10-8-13)14-5-3-2-4-6-14/h2-6,13,15,23H,7-12H2,1H3,(H,19,20)(H,21,22). The summed E-state index contributed by atoms with van der Waals surface area (Å²) in [6.07, 6.45) is 4.56. The first-order valence-corrected chi connectivity index (χ1v) is 8.16. The van der Waals surface area contributed by atoms with Crippen molar-refractivity contribution in [2.24, 2.45) is 5.92 Å². The predicted molar refractivity (Wildman–Crippen MR) is 87.0 cm³/mol. The van der Waals surface area contributed by atoms with Crippen LogP contribution < -0.4 is 5.32 Å². The van der Waals surface area contributed by atoms with Gasteiger partial charge >= 0.3 is 5.97 Å². The molecule has 1 atom stereocenters. The lowest BCUT2D eigenvalue weighted by Gasteiger charge is -2.28. The Morgan fingerprint density at radius 1 is 1.17 bits per heavy atom. The van der Waals surface area contributed by atoms with Gasteiger partial charge in [0.1, 0.15) is 0 Å². The summed E-state index contributed by atoms with van der Waals surface area (Å²) < 4.78 is 0. The van der Waals surface area contributed by atoms with Gasteiger partial charge < -0.3 is 15.5 Å². The summed E-state index contributed by atoms with van der Waals surface area (Å²) in [7, 11) is 0. The number of carbonyl (C=O) groups is 2. The third kappa shape index (κ3) is 5.06. The summed E-state index contributed by atoms with van der Waals surface area (Å²) >= 11 is 0. The fourth-order valence-electron chi connectivity index (χ4n) is 3.11. The van der Waals surface area contributed by atoms with Crippen LogP contribution in [0, 0.1) is 5.92 Å². The van der Waals surface area contributed by atoms with Crippen molar-refractivity contribution < 1.29 is 19.8 Å². The Bertz CT molecular complexity index is 533. The predicted octanol–water partition coefficient (Wildman–Crippen LogP) is 2.30. The van der Waals surface area contributed by atoms with Gasteiger partial charge in [0, 0.05) is 6.42 Å². The van der Waals surface area contributed by atoms with E-state index < -0.39 is 11.6 Å². The van der Waals surface area contributed by atoms with E-state index in [0.29, 0.717) is 18.3 Å². The van der Waals surface area contributed by atoms with Crippen LogP contribution in [-0.4, -0.2) is 34.2 Å². The van der Waals surface area contributed by atoms with Crippen LogP contribution in [0.25, 0.3) is 0 Å².